The Kier molecular flexibility index (Phi) is 5.14. The maximum atomic E-state index is 12.3. The lowest BCUT2D eigenvalue weighted by Gasteiger charge is -2.25. The van der Waals surface area contributed by atoms with Gasteiger partial charge in [-0.1, -0.05) is 40.9 Å². The van der Waals surface area contributed by atoms with Crippen molar-refractivity contribution in [3.05, 3.63) is 39.4 Å². The predicted molar refractivity (Wildman–Crippen MR) is 82.9 cm³/mol. The van der Waals surface area contributed by atoms with E-state index < -0.39 is 23.7 Å². The van der Waals surface area contributed by atoms with Crippen LogP contribution in [-0.2, 0) is 9.59 Å². The molecule has 21 heavy (non-hydrogen) atoms. The van der Waals surface area contributed by atoms with E-state index in [1.165, 1.54) is 6.07 Å². The van der Waals surface area contributed by atoms with Crippen LogP contribution < -0.4 is 5.32 Å². The number of amides is 1. The summed E-state index contributed by atoms with van der Waals surface area (Å²) in [6, 6.07) is 4.67. The maximum absolute atomic E-state index is 12.3. The monoisotopic (exact) mass is 347 g/mol. The number of carboxylic acid groups (broad SMARTS) is 1. The first kappa shape index (κ1) is 16.1. The molecule has 7 heteroatoms. The highest BCUT2D eigenvalue weighted by Gasteiger charge is 2.36. The van der Waals surface area contributed by atoms with Crippen molar-refractivity contribution in [2.45, 2.75) is 12.8 Å². The summed E-state index contributed by atoms with van der Waals surface area (Å²) in [6.07, 6.45) is 2.10. The maximum Gasteiger partial charge on any atom is 0.307 e. The minimum absolute atomic E-state index is 0.214. The summed E-state index contributed by atoms with van der Waals surface area (Å²) in [5.74, 6) is -2.90. The molecule has 0 radical (unpaired) electrons. The Balaban J connectivity index is 2.16. The average molecular weight is 349 g/mol. The molecule has 1 aliphatic rings. The Hall–Kier alpha value is -1.23. The largest absolute Gasteiger partial charge is 0.481 e. The molecule has 1 aromatic rings. The molecule has 0 fully saturated rings. The molecule has 0 aliphatic heterocycles. The standard InChI is InChI=1S/C14H12Cl3NO3/c15-7-1-3-9(14(20)21)10(5-7)13(19)18-8-2-4-11(16)12(17)6-8/h1-2,4,6,9-10H,3,5H2,(H,18,19)(H,20,21)/t9-,10+/m1/s1. The fourth-order valence-corrected chi connectivity index (χ4v) is 2.77. The molecule has 0 unspecified atom stereocenters. The minimum Gasteiger partial charge on any atom is -0.481 e. The first-order valence-electron chi connectivity index (χ1n) is 6.21. The topological polar surface area (TPSA) is 66.4 Å². The summed E-state index contributed by atoms with van der Waals surface area (Å²) in [6.45, 7) is 0. The molecule has 2 N–H and O–H groups in total. The van der Waals surface area contributed by atoms with E-state index in [2.05, 4.69) is 5.32 Å². The fraction of sp³-hybridized carbons (Fsp3) is 0.286. The second kappa shape index (κ2) is 6.69. The van der Waals surface area contributed by atoms with Crippen LogP contribution in [0.25, 0.3) is 0 Å². The number of anilines is 1. The number of carbonyl (C=O) groups excluding carboxylic acids is 1. The average Bonchev–Trinajstić information content (AvgIpc) is 2.42. The number of rotatable bonds is 3. The van der Waals surface area contributed by atoms with Gasteiger partial charge in [-0.25, -0.2) is 0 Å². The third-order valence-electron chi connectivity index (χ3n) is 3.33. The van der Waals surface area contributed by atoms with Crippen molar-refractivity contribution < 1.29 is 14.7 Å². The number of carboxylic acids is 1. The van der Waals surface area contributed by atoms with Crippen LogP contribution in [0.5, 0.6) is 0 Å². The molecule has 1 aliphatic carbocycles. The highest BCUT2D eigenvalue weighted by atomic mass is 35.5. The number of benzene rings is 1. The van der Waals surface area contributed by atoms with E-state index in [1.54, 1.807) is 18.2 Å². The Morgan fingerprint density at radius 1 is 1.14 bits per heavy atom. The van der Waals surface area contributed by atoms with Crippen LogP contribution in [0.3, 0.4) is 0 Å². The molecular weight excluding hydrogens is 337 g/mol. The summed E-state index contributed by atoms with van der Waals surface area (Å²) in [7, 11) is 0. The van der Waals surface area contributed by atoms with Gasteiger partial charge in [0.1, 0.15) is 0 Å². The quantitative estimate of drug-likeness (QED) is 0.861. The SMILES string of the molecule is O=C(Nc1ccc(Cl)c(Cl)c1)[C@H]1CC(Cl)=CC[C@H]1C(=O)O. The van der Waals surface area contributed by atoms with Crippen LogP contribution in [0, 0.1) is 11.8 Å². The fourth-order valence-electron chi connectivity index (χ4n) is 2.21. The van der Waals surface area contributed by atoms with Gasteiger partial charge in [0.15, 0.2) is 0 Å². The molecule has 1 aromatic carbocycles. The van der Waals surface area contributed by atoms with Crippen LogP contribution in [-0.4, -0.2) is 17.0 Å². The van der Waals surface area contributed by atoms with E-state index in [9.17, 15) is 14.7 Å². The minimum atomic E-state index is -1.01. The highest BCUT2D eigenvalue weighted by molar-refractivity contribution is 6.42. The van der Waals surface area contributed by atoms with E-state index in [1.807, 2.05) is 0 Å². The van der Waals surface area contributed by atoms with Gasteiger partial charge in [-0.3, -0.25) is 9.59 Å². The van der Waals surface area contributed by atoms with E-state index in [4.69, 9.17) is 34.8 Å². The van der Waals surface area contributed by atoms with Crippen molar-refractivity contribution in [1.29, 1.82) is 0 Å². The van der Waals surface area contributed by atoms with E-state index in [0.717, 1.165) is 0 Å². The molecule has 4 nitrogen and oxygen atoms in total. The molecule has 1 amide bonds. The lowest BCUT2D eigenvalue weighted by atomic mass is 9.82. The zero-order valence-corrected chi connectivity index (χ0v) is 13.0. The van der Waals surface area contributed by atoms with Crippen LogP contribution >= 0.6 is 34.8 Å². The summed E-state index contributed by atoms with van der Waals surface area (Å²) >= 11 is 17.6. The summed E-state index contributed by atoms with van der Waals surface area (Å²) in [4.78, 5) is 23.5. The number of nitrogens with one attached hydrogen (secondary N) is 1. The zero-order chi connectivity index (χ0) is 15.6. The third kappa shape index (κ3) is 3.90. The number of aliphatic carboxylic acids is 1. The van der Waals surface area contributed by atoms with E-state index in [-0.39, 0.29) is 12.8 Å². The van der Waals surface area contributed by atoms with Gasteiger partial charge in [0.2, 0.25) is 5.91 Å². The number of hydrogen-bond donors (Lipinski definition) is 2. The van der Waals surface area contributed by atoms with Gasteiger partial charge in [-0.2, -0.15) is 0 Å². The van der Waals surface area contributed by atoms with Crippen molar-refractivity contribution in [2.75, 3.05) is 5.32 Å². The second-order valence-corrected chi connectivity index (χ2v) is 6.06. The molecule has 2 rings (SSSR count). The van der Waals surface area contributed by atoms with Gasteiger partial charge in [-0.05, 0) is 31.0 Å². The Bertz CT molecular complexity index is 615. The lowest BCUT2D eigenvalue weighted by molar-refractivity contribution is -0.146. The van der Waals surface area contributed by atoms with Crippen LogP contribution in [0.1, 0.15) is 12.8 Å². The lowest BCUT2D eigenvalue weighted by Crippen LogP contribution is -2.35. The van der Waals surface area contributed by atoms with Crippen molar-refractivity contribution >= 4 is 52.4 Å². The van der Waals surface area contributed by atoms with E-state index >= 15 is 0 Å². The Labute approximate surface area is 136 Å². The van der Waals surface area contributed by atoms with Crippen molar-refractivity contribution in [3.8, 4) is 0 Å². The van der Waals surface area contributed by atoms with Gasteiger partial charge in [0.25, 0.3) is 0 Å². The molecule has 0 bridgehead atoms. The predicted octanol–water partition coefficient (Wildman–Crippen LogP) is 4.17. The second-order valence-electron chi connectivity index (χ2n) is 4.76. The van der Waals surface area contributed by atoms with Crippen LogP contribution in [0.15, 0.2) is 29.3 Å². The molecule has 0 spiro atoms. The van der Waals surface area contributed by atoms with Crippen molar-refractivity contribution in [2.24, 2.45) is 11.8 Å². The zero-order valence-electron chi connectivity index (χ0n) is 10.8. The van der Waals surface area contributed by atoms with Gasteiger partial charge in [-0.15, -0.1) is 0 Å². The number of allylic oxidation sites excluding steroid dienone is 2. The number of hydrogen-bond acceptors (Lipinski definition) is 2. The smallest absolute Gasteiger partial charge is 0.307 e. The molecule has 0 saturated carbocycles. The van der Waals surface area contributed by atoms with Gasteiger partial charge in [0, 0.05) is 10.7 Å². The van der Waals surface area contributed by atoms with Crippen LogP contribution in [0.4, 0.5) is 5.69 Å². The molecular formula is C14H12Cl3NO3. The third-order valence-corrected chi connectivity index (χ3v) is 4.38. The summed E-state index contributed by atoms with van der Waals surface area (Å²) in [5.41, 5.74) is 0.462. The highest BCUT2D eigenvalue weighted by Crippen LogP contribution is 2.33. The Morgan fingerprint density at radius 2 is 1.86 bits per heavy atom. The molecule has 2 atom stereocenters. The summed E-state index contributed by atoms with van der Waals surface area (Å²) < 4.78 is 0. The van der Waals surface area contributed by atoms with Crippen molar-refractivity contribution in [1.82, 2.24) is 0 Å². The molecule has 0 heterocycles. The number of carbonyl (C=O) groups is 2. The van der Waals surface area contributed by atoms with Gasteiger partial charge < -0.3 is 10.4 Å². The first-order valence-corrected chi connectivity index (χ1v) is 7.35. The normalized spacial score (nSPS) is 21.6. The van der Waals surface area contributed by atoms with E-state index in [0.29, 0.717) is 20.8 Å². The Morgan fingerprint density at radius 3 is 2.48 bits per heavy atom. The first-order chi connectivity index (χ1) is 9.88. The molecule has 0 saturated heterocycles. The summed E-state index contributed by atoms with van der Waals surface area (Å²) in [5, 5.41) is 13.0. The van der Waals surface area contributed by atoms with Gasteiger partial charge >= 0.3 is 5.97 Å². The van der Waals surface area contributed by atoms with Gasteiger partial charge in [0.05, 0.1) is 21.9 Å². The number of halogens is 3. The van der Waals surface area contributed by atoms with Crippen molar-refractivity contribution in [3.63, 3.8) is 0 Å². The van der Waals surface area contributed by atoms with Crippen LogP contribution in [0.2, 0.25) is 10.0 Å². The molecule has 0 aromatic heterocycles. The molecule has 112 valence electrons.